The molecule has 0 aromatic heterocycles. The van der Waals surface area contributed by atoms with Crippen molar-refractivity contribution in [1.29, 1.82) is 0 Å². The van der Waals surface area contributed by atoms with Gasteiger partial charge in [0.1, 0.15) is 5.67 Å². The molecule has 0 radical (unpaired) electrons. The summed E-state index contributed by atoms with van der Waals surface area (Å²) >= 11 is 0. The van der Waals surface area contributed by atoms with Gasteiger partial charge in [-0.3, -0.25) is 0 Å². The van der Waals surface area contributed by atoms with Crippen LogP contribution in [0.15, 0.2) is 0 Å². The highest BCUT2D eigenvalue weighted by molar-refractivity contribution is 4.65. The molecule has 0 spiro atoms. The van der Waals surface area contributed by atoms with Crippen molar-refractivity contribution in [3.63, 3.8) is 0 Å². The third-order valence-electron chi connectivity index (χ3n) is 1.55. The van der Waals surface area contributed by atoms with Crippen LogP contribution in [0.5, 0.6) is 0 Å². The Balaban J connectivity index is 3.21. The highest BCUT2D eigenvalue weighted by Crippen LogP contribution is 2.18. The number of hydrogen-bond acceptors (Lipinski definition) is 0. The minimum atomic E-state index is -0.963. The van der Waals surface area contributed by atoms with Gasteiger partial charge in [0.2, 0.25) is 0 Å². The summed E-state index contributed by atoms with van der Waals surface area (Å²) in [6, 6.07) is 0. The van der Waals surface area contributed by atoms with Crippen molar-refractivity contribution in [2.24, 2.45) is 5.92 Å². The highest BCUT2D eigenvalue weighted by Gasteiger charge is 2.14. The van der Waals surface area contributed by atoms with Crippen LogP contribution in [0.1, 0.15) is 47.0 Å². The van der Waals surface area contributed by atoms with E-state index in [4.69, 9.17) is 0 Å². The molecule has 0 amide bonds. The smallest absolute Gasteiger partial charge is 0.105 e. The van der Waals surface area contributed by atoms with Crippen LogP contribution in [-0.2, 0) is 0 Å². The van der Waals surface area contributed by atoms with E-state index in [1.54, 1.807) is 13.8 Å². The highest BCUT2D eigenvalue weighted by atomic mass is 19.1. The lowest BCUT2D eigenvalue weighted by Crippen LogP contribution is -2.11. The monoisotopic (exact) mass is 146 g/mol. The zero-order valence-electron chi connectivity index (χ0n) is 7.58. The van der Waals surface area contributed by atoms with Crippen LogP contribution in [0.4, 0.5) is 4.39 Å². The van der Waals surface area contributed by atoms with Crippen LogP contribution in [-0.4, -0.2) is 5.67 Å². The third kappa shape index (κ3) is 7.93. The minimum Gasteiger partial charge on any atom is -0.245 e. The van der Waals surface area contributed by atoms with Crippen molar-refractivity contribution in [1.82, 2.24) is 0 Å². The van der Waals surface area contributed by atoms with Crippen LogP contribution in [0.3, 0.4) is 0 Å². The molecule has 0 unspecified atom stereocenters. The molecule has 0 heterocycles. The molecule has 0 aliphatic rings. The number of hydrogen-bond donors (Lipinski definition) is 0. The van der Waals surface area contributed by atoms with Crippen molar-refractivity contribution in [2.75, 3.05) is 0 Å². The van der Waals surface area contributed by atoms with Crippen molar-refractivity contribution < 1.29 is 4.39 Å². The maximum Gasteiger partial charge on any atom is 0.105 e. The van der Waals surface area contributed by atoms with Gasteiger partial charge in [0.25, 0.3) is 0 Å². The number of alkyl halides is 1. The summed E-state index contributed by atoms with van der Waals surface area (Å²) in [5.41, 5.74) is -0.963. The van der Waals surface area contributed by atoms with Gasteiger partial charge in [0.05, 0.1) is 0 Å². The van der Waals surface area contributed by atoms with E-state index < -0.39 is 5.67 Å². The molecule has 0 rings (SSSR count). The first-order valence-corrected chi connectivity index (χ1v) is 4.11. The zero-order valence-corrected chi connectivity index (χ0v) is 7.58. The molecule has 10 heavy (non-hydrogen) atoms. The van der Waals surface area contributed by atoms with Crippen LogP contribution >= 0.6 is 0 Å². The second kappa shape index (κ2) is 3.95. The molecule has 1 heteroatoms. The van der Waals surface area contributed by atoms with Gasteiger partial charge in [-0.25, -0.2) is 4.39 Å². The van der Waals surface area contributed by atoms with Gasteiger partial charge in [0.15, 0.2) is 0 Å². The normalized spacial score (nSPS) is 12.6. The average Bonchev–Trinajstić information content (AvgIpc) is 1.59. The lowest BCUT2D eigenvalue weighted by atomic mass is 9.99. The Bertz CT molecular complexity index is 79.2. The Hall–Kier alpha value is -0.0700. The van der Waals surface area contributed by atoms with E-state index in [1.165, 1.54) is 0 Å². The zero-order chi connectivity index (χ0) is 8.20. The van der Waals surface area contributed by atoms with E-state index in [0.29, 0.717) is 12.3 Å². The molecule has 0 atom stereocenters. The van der Waals surface area contributed by atoms with Gasteiger partial charge >= 0.3 is 0 Å². The molecule has 0 bridgehead atoms. The summed E-state index contributed by atoms with van der Waals surface area (Å²) in [5.74, 6) is 0.711. The van der Waals surface area contributed by atoms with Gasteiger partial charge in [-0.2, -0.15) is 0 Å². The first-order valence-electron chi connectivity index (χ1n) is 4.11. The largest absolute Gasteiger partial charge is 0.245 e. The maximum atomic E-state index is 12.8. The van der Waals surface area contributed by atoms with Gasteiger partial charge in [-0.1, -0.05) is 26.7 Å². The first kappa shape index (κ1) is 9.93. The Labute approximate surface area is 63.8 Å². The Morgan fingerprint density at radius 1 is 1.30 bits per heavy atom. The van der Waals surface area contributed by atoms with Gasteiger partial charge in [-0.15, -0.1) is 0 Å². The Morgan fingerprint density at radius 3 is 2.10 bits per heavy atom. The summed E-state index contributed by atoms with van der Waals surface area (Å²) in [7, 11) is 0. The fourth-order valence-corrected chi connectivity index (χ4v) is 0.931. The average molecular weight is 146 g/mol. The molecule has 0 aromatic carbocycles. The summed E-state index contributed by atoms with van der Waals surface area (Å²) in [4.78, 5) is 0. The molecule has 0 saturated heterocycles. The van der Waals surface area contributed by atoms with E-state index >= 15 is 0 Å². The van der Waals surface area contributed by atoms with E-state index in [0.717, 1.165) is 12.8 Å². The lowest BCUT2D eigenvalue weighted by molar-refractivity contribution is 0.193. The summed E-state index contributed by atoms with van der Waals surface area (Å²) in [6.07, 6.45) is 2.86. The predicted molar refractivity (Wildman–Crippen MR) is 43.9 cm³/mol. The van der Waals surface area contributed by atoms with E-state index in [2.05, 4.69) is 13.8 Å². The van der Waals surface area contributed by atoms with E-state index in [1.807, 2.05) is 0 Å². The second-order valence-corrected chi connectivity index (χ2v) is 4.00. The fourth-order valence-electron chi connectivity index (χ4n) is 0.931. The quantitative estimate of drug-likeness (QED) is 0.569. The van der Waals surface area contributed by atoms with Gasteiger partial charge in [0, 0.05) is 0 Å². The van der Waals surface area contributed by atoms with Crippen LogP contribution < -0.4 is 0 Å². The number of halogens is 1. The molecule has 0 saturated carbocycles. The van der Waals surface area contributed by atoms with Crippen LogP contribution in [0, 0.1) is 5.92 Å². The maximum absolute atomic E-state index is 12.8. The summed E-state index contributed by atoms with van der Waals surface area (Å²) in [5, 5.41) is 0. The first-order chi connectivity index (χ1) is 4.42. The minimum absolute atomic E-state index is 0.700. The second-order valence-electron chi connectivity index (χ2n) is 4.00. The molecule has 0 N–H and O–H groups in total. The van der Waals surface area contributed by atoms with Gasteiger partial charge < -0.3 is 0 Å². The van der Waals surface area contributed by atoms with Crippen LogP contribution in [0.25, 0.3) is 0 Å². The summed E-state index contributed by atoms with van der Waals surface area (Å²) < 4.78 is 12.8. The van der Waals surface area contributed by atoms with Crippen molar-refractivity contribution in [3.05, 3.63) is 0 Å². The molecular weight excluding hydrogens is 127 g/mol. The third-order valence-corrected chi connectivity index (χ3v) is 1.55. The molecular formula is C9H19F. The van der Waals surface area contributed by atoms with Crippen LogP contribution in [0.2, 0.25) is 0 Å². The standard InChI is InChI=1S/C9H19F/c1-8(2)6-5-7-9(3,4)10/h8H,5-7H2,1-4H3. The molecule has 62 valence electrons. The Kier molecular flexibility index (Phi) is 3.92. The molecule has 0 fully saturated rings. The number of rotatable bonds is 4. The van der Waals surface area contributed by atoms with Crippen molar-refractivity contribution in [3.8, 4) is 0 Å². The Morgan fingerprint density at radius 2 is 1.80 bits per heavy atom. The fraction of sp³-hybridized carbons (Fsp3) is 1.00. The van der Waals surface area contributed by atoms with Gasteiger partial charge in [-0.05, 0) is 26.2 Å². The molecule has 0 aromatic rings. The topological polar surface area (TPSA) is 0 Å². The van der Waals surface area contributed by atoms with E-state index in [9.17, 15) is 4.39 Å². The predicted octanol–water partition coefficient (Wildman–Crippen LogP) is 3.56. The molecule has 0 aliphatic heterocycles. The van der Waals surface area contributed by atoms with Crippen molar-refractivity contribution in [2.45, 2.75) is 52.6 Å². The summed E-state index contributed by atoms with van der Waals surface area (Å²) in [6.45, 7) is 7.64. The molecule has 0 aliphatic carbocycles. The van der Waals surface area contributed by atoms with E-state index in [-0.39, 0.29) is 0 Å². The SMILES string of the molecule is CC(C)CCCC(C)(C)F. The molecule has 0 nitrogen and oxygen atoms in total. The lowest BCUT2D eigenvalue weighted by Gasteiger charge is -2.13. The van der Waals surface area contributed by atoms with Crippen molar-refractivity contribution >= 4 is 0 Å².